The van der Waals surface area contributed by atoms with Crippen molar-refractivity contribution in [3.05, 3.63) is 59.9 Å². The van der Waals surface area contributed by atoms with Crippen LogP contribution in [0.2, 0.25) is 0 Å². The normalized spacial score (nSPS) is 10.8. The molecule has 0 spiro atoms. The Balaban J connectivity index is 2.24. The maximum absolute atomic E-state index is 12.7. The van der Waals surface area contributed by atoms with Crippen LogP contribution in [0.25, 0.3) is 6.08 Å². The van der Waals surface area contributed by atoms with Crippen LogP contribution in [0.4, 0.5) is 4.39 Å². The van der Waals surface area contributed by atoms with Crippen molar-refractivity contribution in [2.75, 3.05) is 0 Å². The van der Waals surface area contributed by atoms with Crippen LogP contribution in [0.1, 0.15) is 12.5 Å². The Bertz CT molecular complexity index is 559. The van der Waals surface area contributed by atoms with Crippen LogP contribution in [0.15, 0.2) is 48.5 Å². The SMILES string of the molecule is C/C=C\c1cc(Oc2ccc(F)cc2)ccc1O. The van der Waals surface area contributed by atoms with Gasteiger partial charge in [0.15, 0.2) is 0 Å². The lowest BCUT2D eigenvalue weighted by Gasteiger charge is -2.07. The first-order valence-corrected chi connectivity index (χ1v) is 5.58. The van der Waals surface area contributed by atoms with Crippen molar-refractivity contribution in [2.24, 2.45) is 0 Å². The predicted octanol–water partition coefficient (Wildman–Crippen LogP) is 4.36. The number of hydrogen-bond donors (Lipinski definition) is 1. The van der Waals surface area contributed by atoms with Crippen molar-refractivity contribution in [3.8, 4) is 17.2 Å². The standard InChI is InChI=1S/C15H13FO2/c1-2-3-11-10-14(8-9-15(11)17)18-13-6-4-12(16)5-7-13/h2-10,17H,1H3/b3-2-. The molecule has 0 fully saturated rings. The zero-order valence-electron chi connectivity index (χ0n) is 9.93. The van der Waals surface area contributed by atoms with Gasteiger partial charge in [0.2, 0.25) is 0 Å². The second-order valence-electron chi connectivity index (χ2n) is 3.78. The average molecular weight is 244 g/mol. The minimum atomic E-state index is -0.303. The van der Waals surface area contributed by atoms with Crippen LogP contribution >= 0.6 is 0 Å². The van der Waals surface area contributed by atoms with Gasteiger partial charge in [-0.15, -0.1) is 0 Å². The van der Waals surface area contributed by atoms with Crippen LogP contribution in [0, 0.1) is 5.82 Å². The molecule has 0 bridgehead atoms. The molecule has 0 unspecified atom stereocenters. The van der Waals surface area contributed by atoms with Crippen molar-refractivity contribution in [1.82, 2.24) is 0 Å². The summed E-state index contributed by atoms with van der Waals surface area (Å²) in [5, 5.41) is 9.61. The van der Waals surface area contributed by atoms with Gasteiger partial charge in [-0.25, -0.2) is 4.39 Å². The minimum absolute atomic E-state index is 0.194. The van der Waals surface area contributed by atoms with E-state index in [9.17, 15) is 9.50 Å². The summed E-state index contributed by atoms with van der Waals surface area (Å²) in [4.78, 5) is 0. The van der Waals surface area contributed by atoms with E-state index >= 15 is 0 Å². The van der Waals surface area contributed by atoms with Gasteiger partial charge in [-0.1, -0.05) is 12.2 Å². The molecule has 0 amide bonds. The Hall–Kier alpha value is -2.29. The fourth-order valence-electron chi connectivity index (χ4n) is 1.55. The molecular weight excluding hydrogens is 231 g/mol. The number of ether oxygens (including phenoxy) is 1. The maximum Gasteiger partial charge on any atom is 0.128 e. The second kappa shape index (κ2) is 5.36. The first kappa shape index (κ1) is 12.2. The number of benzene rings is 2. The van der Waals surface area contributed by atoms with Gasteiger partial charge in [0.1, 0.15) is 23.1 Å². The summed E-state index contributed by atoms with van der Waals surface area (Å²) >= 11 is 0. The molecule has 0 aliphatic heterocycles. The summed E-state index contributed by atoms with van der Waals surface area (Å²) in [5.74, 6) is 1.03. The lowest BCUT2D eigenvalue weighted by Crippen LogP contribution is -1.85. The fraction of sp³-hybridized carbons (Fsp3) is 0.0667. The molecule has 0 saturated heterocycles. The zero-order valence-corrected chi connectivity index (χ0v) is 9.93. The molecule has 18 heavy (non-hydrogen) atoms. The van der Waals surface area contributed by atoms with E-state index in [-0.39, 0.29) is 11.6 Å². The first-order valence-electron chi connectivity index (χ1n) is 5.58. The summed E-state index contributed by atoms with van der Waals surface area (Å²) < 4.78 is 18.3. The molecule has 2 aromatic carbocycles. The molecule has 2 aromatic rings. The van der Waals surface area contributed by atoms with Gasteiger partial charge in [-0.05, 0) is 49.4 Å². The van der Waals surface area contributed by atoms with Gasteiger partial charge in [-0.3, -0.25) is 0 Å². The fourth-order valence-corrected chi connectivity index (χ4v) is 1.55. The molecule has 0 radical (unpaired) electrons. The van der Waals surface area contributed by atoms with Crippen molar-refractivity contribution < 1.29 is 14.2 Å². The number of rotatable bonds is 3. The molecule has 2 rings (SSSR count). The summed E-state index contributed by atoms with van der Waals surface area (Å²) in [5.41, 5.74) is 0.678. The van der Waals surface area contributed by atoms with E-state index in [1.165, 1.54) is 12.1 Å². The number of phenols is 1. The van der Waals surface area contributed by atoms with Crippen LogP contribution < -0.4 is 4.74 Å². The molecule has 2 nitrogen and oxygen atoms in total. The Morgan fingerprint density at radius 1 is 1.06 bits per heavy atom. The lowest BCUT2D eigenvalue weighted by molar-refractivity contribution is 0.462. The van der Waals surface area contributed by atoms with Crippen molar-refractivity contribution >= 4 is 6.08 Å². The van der Waals surface area contributed by atoms with E-state index in [0.29, 0.717) is 17.1 Å². The molecule has 0 saturated carbocycles. The van der Waals surface area contributed by atoms with Gasteiger partial charge in [0, 0.05) is 5.56 Å². The zero-order chi connectivity index (χ0) is 13.0. The molecule has 92 valence electrons. The predicted molar refractivity (Wildman–Crippen MR) is 69.3 cm³/mol. The Morgan fingerprint density at radius 2 is 1.72 bits per heavy atom. The minimum Gasteiger partial charge on any atom is -0.507 e. The summed E-state index contributed by atoms with van der Waals surface area (Å²) in [6, 6.07) is 10.7. The van der Waals surface area contributed by atoms with Gasteiger partial charge in [0.25, 0.3) is 0 Å². The van der Waals surface area contributed by atoms with Gasteiger partial charge in [-0.2, -0.15) is 0 Å². The van der Waals surface area contributed by atoms with E-state index in [2.05, 4.69) is 0 Å². The summed E-state index contributed by atoms with van der Waals surface area (Å²) in [6.45, 7) is 1.87. The largest absolute Gasteiger partial charge is 0.507 e. The average Bonchev–Trinajstić information content (AvgIpc) is 2.37. The Morgan fingerprint density at radius 3 is 2.39 bits per heavy atom. The number of allylic oxidation sites excluding steroid dienone is 1. The Kier molecular flexibility index (Phi) is 3.63. The molecule has 0 aliphatic rings. The molecule has 3 heteroatoms. The third kappa shape index (κ3) is 2.88. The number of phenolic OH excluding ortho intramolecular Hbond substituents is 1. The van der Waals surface area contributed by atoms with Crippen molar-refractivity contribution in [1.29, 1.82) is 0 Å². The van der Waals surface area contributed by atoms with E-state index in [4.69, 9.17) is 4.74 Å². The topological polar surface area (TPSA) is 29.5 Å². The Labute approximate surface area is 105 Å². The highest BCUT2D eigenvalue weighted by Crippen LogP contribution is 2.27. The molecule has 0 aliphatic carbocycles. The van der Waals surface area contributed by atoms with Crippen molar-refractivity contribution in [2.45, 2.75) is 6.92 Å². The van der Waals surface area contributed by atoms with Crippen LogP contribution in [-0.2, 0) is 0 Å². The van der Waals surface area contributed by atoms with Gasteiger partial charge < -0.3 is 9.84 Å². The van der Waals surface area contributed by atoms with E-state index in [0.717, 1.165) is 0 Å². The monoisotopic (exact) mass is 244 g/mol. The maximum atomic E-state index is 12.7. The van der Waals surface area contributed by atoms with Crippen LogP contribution in [0.3, 0.4) is 0 Å². The van der Waals surface area contributed by atoms with Crippen molar-refractivity contribution in [3.63, 3.8) is 0 Å². The third-order valence-corrected chi connectivity index (χ3v) is 2.39. The molecule has 1 N–H and O–H groups in total. The highest BCUT2D eigenvalue weighted by Gasteiger charge is 2.02. The third-order valence-electron chi connectivity index (χ3n) is 2.39. The lowest BCUT2D eigenvalue weighted by atomic mass is 10.2. The summed E-state index contributed by atoms with van der Waals surface area (Å²) in [7, 11) is 0. The quantitative estimate of drug-likeness (QED) is 0.869. The number of hydrogen-bond acceptors (Lipinski definition) is 2. The first-order chi connectivity index (χ1) is 8.69. The van der Waals surface area contributed by atoms with E-state index in [1.807, 2.05) is 13.0 Å². The molecular formula is C15H13FO2. The van der Waals surface area contributed by atoms with Gasteiger partial charge >= 0.3 is 0 Å². The van der Waals surface area contributed by atoms with Crippen LogP contribution in [0.5, 0.6) is 17.2 Å². The number of halogens is 1. The highest BCUT2D eigenvalue weighted by atomic mass is 19.1. The molecule has 0 aromatic heterocycles. The summed E-state index contributed by atoms with van der Waals surface area (Å²) in [6.07, 6.45) is 3.61. The highest BCUT2D eigenvalue weighted by molar-refractivity contribution is 5.59. The number of aromatic hydroxyl groups is 1. The van der Waals surface area contributed by atoms with E-state index in [1.54, 1.807) is 36.4 Å². The molecule has 0 atom stereocenters. The van der Waals surface area contributed by atoms with Crippen LogP contribution in [-0.4, -0.2) is 5.11 Å². The smallest absolute Gasteiger partial charge is 0.128 e. The second-order valence-corrected chi connectivity index (χ2v) is 3.78. The molecule has 0 heterocycles. The van der Waals surface area contributed by atoms with E-state index < -0.39 is 0 Å². The van der Waals surface area contributed by atoms with Gasteiger partial charge in [0.05, 0.1) is 0 Å².